The average molecular weight is 244 g/mol. The molecule has 0 radical (unpaired) electrons. The van der Waals surface area contributed by atoms with Crippen molar-refractivity contribution >= 4 is 17.7 Å². The number of carbonyl (C=O) groups is 1. The van der Waals surface area contributed by atoms with Crippen molar-refractivity contribution < 1.29 is 4.79 Å². The fourth-order valence-corrected chi connectivity index (χ4v) is 2.21. The number of rotatable bonds is 5. The smallest absolute Gasteiger partial charge is 0.240 e. The number of thioether (sulfide) groups is 1. The predicted octanol–water partition coefficient (Wildman–Crippen LogP) is 1.78. The highest BCUT2D eigenvalue weighted by Gasteiger charge is 2.39. The topological polar surface area (TPSA) is 41.1 Å². The van der Waals surface area contributed by atoms with Crippen molar-refractivity contribution in [1.82, 2.24) is 10.6 Å². The van der Waals surface area contributed by atoms with E-state index in [2.05, 4.69) is 37.7 Å². The lowest BCUT2D eigenvalue weighted by Gasteiger charge is -2.29. The third-order valence-electron chi connectivity index (χ3n) is 3.51. The first kappa shape index (κ1) is 13.8. The fraction of sp³-hybridized carbons (Fsp3) is 0.917. The quantitative estimate of drug-likeness (QED) is 0.774. The third kappa shape index (κ3) is 3.14. The maximum Gasteiger partial charge on any atom is 0.240 e. The van der Waals surface area contributed by atoms with Crippen molar-refractivity contribution in [3.8, 4) is 0 Å². The molecule has 0 aliphatic carbocycles. The van der Waals surface area contributed by atoms with Gasteiger partial charge in [0.25, 0.3) is 0 Å². The fourth-order valence-electron chi connectivity index (χ4n) is 2.00. The van der Waals surface area contributed by atoms with E-state index < -0.39 is 0 Å². The largest absolute Gasteiger partial charge is 0.353 e. The zero-order valence-electron chi connectivity index (χ0n) is 10.9. The lowest BCUT2D eigenvalue weighted by Crippen LogP contribution is -2.54. The Morgan fingerprint density at radius 1 is 1.56 bits per heavy atom. The van der Waals surface area contributed by atoms with Gasteiger partial charge < -0.3 is 10.6 Å². The first-order valence-corrected chi connectivity index (χ1v) is 7.27. The molecule has 1 amide bonds. The van der Waals surface area contributed by atoms with Crippen LogP contribution in [0.2, 0.25) is 0 Å². The van der Waals surface area contributed by atoms with Crippen molar-refractivity contribution in [2.24, 2.45) is 0 Å². The summed E-state index contributed by atoms with van der Waals surface area (Å²) in [6, 6.07) is 0. The van der Waals surface area contributed by atoms with Gasteiger partial charge in [-0.2, -0.15) is 11.8 Å². The van der Waals surface area contributed by atoms with Crippen molar-refractivity contribution in [1.29, 1.82) is 0 Å². The summed E-state index contributed by atoms with van der Waals surface area (Å²) in [7, 11) is 0. The van der Waals surface area contributed by atoms with Crippen LogP contribution in [-0.2, 0) is 4.79 Å². The summed E-state index contributed by atoms with van der Waals surface area (Å²) in [6.07, 6.45) is 5.02. The van der Waals surface area contributed by atoms with E-state index >= 15 is 0 Å². The summed E-state index contributed by atoms with van der Waals surface area (Å²) < 4.78 is 0.114. The highest BCUT2D eigenvalue weighted by Crippen LogP contribution is 2.24. The first-order valence-electron chi connectivity index (χ1n) is 6.04. The van der Waals surface area contributed by atoms with Gasteiger partial charge >= 0.3 is 0 Å². The van der Waals surface area contributed by atoms with Gasteiger partial charge in [0.05, 0.1) is 5.54 Å². The van der Waals surface area contributed by atoms with Crippen LogP contribution in [0, 0.1) is 0 Å². The summed E-state index contributed by atoms with van der Waals surface area (Å²) >= 11 is 1.78. The maximum absolute atomic E-state index is 12.2. The zero-order chi connectivity index (χ0) is 12.2. The Balaban J connectivity index is 2.51. The van der Waals surface area contributed by atoms with E-state index in [9.17, 15) is 4.79 Å². The zero-order valence-corrected chi connectivity index (χ0v) is 11.7. The highest BCUT2D eigenvalue weighted by molar-refractivity contribution is 7.99. The van der Waals surface area contributed by atoms with E-state index in [-0.39, 0.29) is 16.2 Å². The molecule has 1 rings (SSSR count). The maximum atomic E-state index is 12.2. The van der Waals surface area contributed by atoms with Crippen LogP contribution in [-0.4, -0.2) is 35.5 Å². The molecular weight excluding hydrogens is 220 g/mol. The van der Waals surface area contributed by atoms with E-state index in [1.54, 1.807) is 11.8 Å². The van der Waals surface area contributed by atoms with Crippen LogP contribution in [0.3, 0.4) is 0 Å². The van der Waals surface area contributed by atoms with E-state index in [1.165, 1.54) is 0 Å². The third-order valence-corrected chi connectivity index (χ3v) is 4.76. The van der Waals surface area contributed by atoms with Crippen LogP contribution < -0.4 is 10.6 Å². The van der Waals surface area contributed by atoms with Gasteiger partial charge in [0, 0.05) is 11.3 Å². The minimum absolute atomic E-state index is 0.114. The van der Waals surface area contributed by atoms with Gasteiger partial charge in [-0.05, 0) is 45.9 Å². The number of carbonyl (C=O) groups excluding carboxylic acids is 1. The minimum Gasteiger partial charge on any atom is -0.353 e. The number of hydrogen-bond acceptors (Lipinski definition) is 3. The summed E-state index contributed by atoms with van der Waals surface area (Å²) in [6.45, 7) is 8.08. The molecule has 3 nitrogen and oxygen atoms in total. The number of hydrogen-bond donors (Lipinski definition) is 2. The Bertz CT molecular complexity index is 247. The summed E-state index contributed by atoms with van der Waals surface area (Å²) in [4.78, 5) is 12.2. The first-order chi connectivity index (χ1) is 7.46. The van der Waals surface area contributed by atoms with Gasteiger partial charge in [-0.25, -0.2) is 0 Å². The molecule has 1 aliphatic heterocycles. The molecule has 0 aromatic heterocycles. The number of amides is 1. The molecule has 0 saturated carbocycles. The molecule has 1 heterocycles. The van der Waals surface area contributed by atoms with E-state index in [4.69, 9.17) is 0 Å². The molecule has 4 heteroatoms. The van der Waals surface area contributed by atoms with E-state index in [0.717, 1.165) is 32.4 Å². The molecular formula is C12H24N2OS. The monoisotopic (exact) mass is 244 g/mol. The van der Waals surface area contributed by atoms with Crippen molar-refractivity contribution in [2.75, 3.05) is 19.3 Å². The van der Waals surface area contributed by atoms with Gasteiger partial charge in [-0.3, -0.25) is 4.79 Å². The molecule has 2 N–H and O–H groups in total. The molecule has 0 aromatic rings. The van der Waals surface area contributed by atoms with Gasteiger partial charge in [0.15, 0.2) is 0 Å². The van der Waals surface area contributed by atoms with Gasteiger partial charge in [0.1, 0.15) is 0 Å². The van der Waals surface area contributed by atoms with Crippen LogP contribution >= 0.6 is 11.8 Å². The molecule has 0 bridgehead atoms. The van der Waals surface area contributed by atoms with Crippen molar-refractivity contribution in [3.05, 3.63) is 0 Å². The van der Waals surface area contributed by atoms with Crippen LogP contribution in [0.25, 0.3) is 0 Å². The Labute approximate surface area is 103 Å². The minimum atomic E-state index is -0.297. The Kier molecular flexibility index (Phi) is 4.68. The molecule has 0 spiro atoms. The van der Waals surface area contributed by atoms with Gasteiger partial charge in [-0.15, -0.1) is 0 Å². The van der Waals surface area contributed by atoms with E-state index in [0.29, 0.717) is 0 Å². The SMILES string of the molecule is CCC1(C(=O)NCC(C)(C)SC)CCCN1. The van der Waals surface area contributed by atoms with Crippen LogP contribution in [0.4, 0.5) is 0 Å². The Morgan fingerprint density at radius 3 is 2.69 bits per heavy atom. The molecule has 94 valence electrons. The predicted molar refractivity (Wildman–Crippen MR) is 70.9 cm³/mol. The van der Waals surface area contributed by atoms with Crippen molar-refractivity contribution in [3.63, 3.8) is 0 Å². The molecule has 0 aromatic carbocycles. The second kappa shape index (κ2) is 5.41. The lowest BCUT2D eigenvalue weighted by atomic mass is 9.93. The lowest BCUT2D eigenvalue weighted by molar-refractivity contribution is -0.127. The highest BCUT2D eigenvalue weighted by atomic mass is 32.2. The van der Waals surface area contributed by atoms with Crippen LogP contribution in [0.5, 0.6) is 0 Å². The Hall–Kier alpha value is -0.220. The summed E-state index contributed by atoms with van der Waals surface area (Å²) in [5, 5.41) is 6.44. The Morgan fingerprint density at radius 2 is 2.25 bits per heavy atom. The standard InChI is InChI=1S/C12H24N2OS/c1-5-12(7-6-8-14-12)10(15)13-9-11(2,3)16-4/h14H,5-9H2,1-4H3,(H,13,15). The summed E-state index contributed by atoms with van der Waals surface area (Å²) in [5.41, 5.74) is -0.297. The van der Waals surface area contributed by atoms with Crippen molar-refractivity contribution in [2.45, 2.75) is 50.3 Å². The normalized spacial score (nSPS) is 25.8. The number of nitrogens with one attached hydrogen (secondary N) is 2. The average Bonchev–Trinajstić information content (AvgIpc) is 2.76. The molecule has 1 atom stereocenters. The molecule has 1 unspecified atom stereocenters. The molecule has 1 fully saturated rings. The molecule has 1 aliphatic rings. The van der Waals surface area contributed by atoms with Crippen LogP contribution in [0.1, 0.15) is 40.0 Å². The second-order valence-electron chi connectivity index (χ2n) is 5.11. The molecule has 1 saturated heterocycles. The van der Waals surface area contributed by atoms with Gasteiger partial charge in [0.2, 0.25) is 5.91 Å². The molecule has 16 heavy (non-hydrogen) atoms. The summed E-state index contributed by atoms with van der Waals surface area (Å²) in [5.74, 6) is 0.176. The second-order valence-corrected chi connectivity index (χ2v) is 6.63. The van der Waals surface area contributed by atoms with Gasteiger partial charge in [-0.1, -0.05) is 6.92 Å². The van der Waals surface area contributed by atoms with E-state index in [1.807, 2.05) is 0 Å². The van der Waals surface area contributed by atoms with Crippen LogP contribution in [0.15, 0.2) is 0 Å².